The number of para-hydroxylation sites is 1. The van der Waals surface area contributed by atoms with Gasteiger partial charge in [-0.05, 0) is 18.2 Å². The average Bonchev–Trinajstić information content (AvgIpc) is 3.37. The third kappa shape index (κ3) is 8.75. The smallest absolute Gasteiger partial charge is 0.303 e. The lowest BCUT2D eigenvalue weighted by molar-refractivity contribution is -0.203. The van der Waals surface area contributed by atoms with Crippen LogP contribution in [-0.2, 0) is 47.7 Å². The van der Waals surface area contributed by atoms with Crippen molar-refractivity contribution in [2.45, 2.75) is 59.0 Å². The number of carbonyl (C=O) groups is 5. The number of benzene rings is 2. The minimum Gasteiger partial charge on any atom is -0.462 e. The molecule has 2 aromatic carbocycles. The molecule has 1 aromatic heterocycles. The first kappa shape index (κ1) is 31.5. The molecule has 0 saturated carbocycles. The summed E-state index contributed by atoms with van der Waals surface area (Å²) in [5, 5.41) is 4.74. The van der Waals surface area contributed by atoms with E-state index in [-0.39, 0.29) is 5.69 Å². The predicted octanol–water partition coefficient (Wildman–Crippen LogP) is 3.50. The van der Waals surface area contributed by atoms with Gasteiger partial charge in [0.15, 0.2) is 24.4 Å². The summed E-state index contributed by atoms with van der Waals surface area (Å²) >= 11 is 0. The molecule has 4 atom stereocenters. The molecule has 0 aliphatic heterocycles. The number of ether oxygens (including phenoxy) is 5. The fourth-order valence-corrected chi connectivity index (χ4v) is 4.25. The lowest BCUT2D eigenvalue weighted by atomic mass is 9.98. The molecule has 0 N–H and O–H groups in total. The van der Waals surface area contributed by atoms with Gasteiger partial charge in [0.05, 0.1) is 17.1 Å². The van der Waals surface area contributed by atoms with Crippen molar-refractivity contribution in [1.82, 2.24) is 9.78 Å². The van der Waals surface area contributed by atoms with Crippen LogP contribution in [0.5, 0.6) is 0 Å². The van der Waals surface area contributed by atoms with Crippen molar-refractivity contribution in [2.24, 2.45) is 0 Å². The van der Waals surface area contributed by atoms with Crippen molar-refractivity contribution < 1.29 is 47.7 Å². The van der Waals surface area contributed by atoms with Crippen LogP contribution >= 0.6 is 0 Å². The summed E-state index contributed by atoms with van der Waals surface area (Å²) in [7, 11) is 0. The van der Waals surface area contributed by atoms with E-state index < -0.39 is 60.9 Å². The molecule has 3 aromatic rings. The second-order valence-corrected chi connectivity index (χ2v) is 9.20. The Bertz CT molecular complexity index is 1400. The Labute approximate surface area is 242 Å². The van der Waals surface area contributed by atoms with E-state index in [1.165, 1.54) is 4.68 Å². The summed E-state index contributed by atoms with van der Waals surface area (Å²) in [6.07, 6.45) is -6.06. The number of rotatable bonds is 12. The number of hydrogen-bond donors (Lipinski definition) is 0. The fraction of sp³-hybridized carbons (Fsp3) is 0.333. The summed E-state index contributed by atoms with van der Waals surface area (Å²) in [5.74, 6) is -3.91. The number of nitrogens with zero attached hydrogens (tertiary/aromatic N) is 2. The minimum atomic E-state index is -1.59. The van der Waals surface area contributed by atoms with Crippen molar-refractivity contribution in [3.05, 3.63) is 72.4 Å². The molecule has 0 saturated heterocycles. The Balaban J connectivity index is 2.28. The third-order valence-corrected chi connectivity index (χ3v) is 5.75. The van der Waals surface area contributed by atoms with Gasteiger partial charge in [-0.15, -0.1) is 0 Å². The highest BCUT2D eigenvalue weighted by molar-refractivity contribution is 5.70. The largest absolute Gasteiger partial charge is 0.462 e. The van der Waals surface area contributed by atoms with Crippen LogP contribution in [0, 0.1) is 0 Å². The Hall–Kier alpha value is -5.00. The molecule has 3 rings (SSSR count). The van der Waals surface area contributed by atoms with Crippen LogP contribution in [0.4, 0.5) is 0 Å². The number of carbonyl (C=O) groups excluding carboxylic acids is 5. The molecule has 0 bridgehead atoms. The molecular formula is C30H32N2O10. The van der Waals surface area contributed by atoms with Gasteiger partial charge < -0.3 is 23.7 Å². The molecule has 0 radical (unpaired) electrons. The highest BCUT2D eigenvalue weighted by atomic mass is 16.6. The van der Waals surface area contributed by atoms with Gasteiger partial charge in [0.1, 0.15) is 6.61 Å². The second-order valence-electron chi connectivity index (χ2n) is 9.20. The first-order chi connectivity index (χ1) is 20.0. The van der Waals surface area contributed by atoms with E-state index in [9.17, 15) is 24.0 Å². The van der Waals surface area contributed by atoms with Crippen LogP contribution in [0.2, 0.25) is 0 Å². The minimum absolute atomic E-state index is 0.243. The van der Waals surface area contributed by atoms with Crippen molar-refractivity contribution in [3.8, 4) is 16.9 Å². The molecule has 0 unspecified atom stereocenters. The highest BCUT2D eigenvalue weighted by Gasteiger charge is 2.46. The van der Waals surface area contributed by atoms with Crippen molar-refractivity contribution in [1.29, 1.82) is 0 Å². The first-order valence-corrected chi connectivity index (χ1v) is 13.0. The molecule has 0 aliphatic carbocycles. The molecule has 42 heavy (non-hydrogen) atoms. The van der Waals surface area contributed by atoms with Gasteiger partial charge in [-0.2, -0.15) is 5.10 Å². The standard InChI is InChI=1S/C30H32N2O10/c1-18(33)38-17-27(39-19(2)34)29(41-21(4)36)30(42-22(5)37)28(40-20(3)35)26-16-25(23-12-8-6-9-13-23)31-32(26)24-14-10-7-11-15-24/h6-16,27-30H,17H2,1-5H3/t27-,28+,29+,30-/m1/s1. The number of hydrogen-bond acceptors (Lipinski definition) is 11. The number of aromatic nitrogens is 2. The number of esters is 5. The topological polar surface area (TPSA) is 149 Å². The van der Waals surface area contributed by atoms with Crippen LogP contribution < -0.4 is 0 Å². The predicted molar refractivity (Wildman–Crippen MR) is 147 cm³/mol. The molecule has 222 valence electrons. The van der Waals surface area contributed by atoms with Gasteiger partial charge in [0.2, 0.25) is 0 Å². The van der Waals surface area contributed by atoms with Crippen molar-refractivity contribution >= 4 is 29.8 Å². The maximum absolute atomic E-state index is 12.5. The van der Waals surface area contributed by atoms with E-state index in [2.05, 4.69) is 0 Å². The van der Waals surface area contributed by atoms with Gasteiger partial charge in [-0.1, -0.05) is 48.5 Å². The van der Waals surface area contributed by atoms with Crippen LogP contribution in [0.25, 0.3) is 16.9 Å². The van der Waals surface area contributed by atoms with Crippen molar-refractivity contribution in [3.63, 3.8) is 0 Å². The Morgan fingerprint density at radius 3 is 1.71 bits per heavy atom. The molecular weight excluding hydrogens is 548 g/mol. The van der Waals surface area contributed by atoms with Gasteiger partial charge in [0, 0.05) is 40.2 Å². The van der Waals surface area contributed by atoms with E-state index in [0.717, 1.165) is 40.2 Å². The molecule has 0 aliphatic rings. The van der Waals surface area contributed by atoms with E-state index in [4.69, 9.17) is 28.8 Å². The zero-order valence-electron chi connectivity index (χ0n) is 23.8. The zero-order valence-corrected chi connectivity index (χ0v) is 23.8. The van der Waals surface area contributed by atoms with Crippen LogP contribution in [-0.4, -0.2) is 64.5 Å². The van der Waals surface area contributed by atoms with Gasteiger partial charge >= 0.3 is 29.8 Å². The second kappa shape index (κ2) is 14.6. The lowest BCUT2D eigenvalue weighted by Gasteiger charge is -2.35. The van der Waals surface area contributed by atoms with Gasteiger partial charge in [-0.25, -0.2) is 4.68 Å². The quantitative estimate of drug-likeness (QED) is 0.229. The van der Waals surface area contributed by atoms with E-state index in [1.54, 1.807) is 30.3 Å². The third-order valence-electron chi connectivity index (χ3n) is 5.75. The maximum Gasteiger partial charge on any atom is 0.303 e. The lowest BCUT2D eigenvalue weighted by Crippen LogP contribution is -2.50. The van der Waals surface area contributed by atoms with E-state index >= 15 is 0 Å². The van der Waals surface area contributed by atoms with Gasteiger partial charge in [-0.3, -0.25) is 24.0 Å². The molecule has 0 spiro atoms. The Morgan fingerprint density at radius 1 is 0.667 bits per heavy atom. The molecule has 12 nitrogen and oxygen atoms in total. The van der Waals surface area contributed by atoms with Gasteiger partial charge in [0.25, 0.3) is 0 Å². The van der Waals surface area contributed by atoms with E-state index in [1.807, 2.05) is 36.4 Å². The molecule has 0 amide bonds. The summed E-state index contributed by atoms with van der Waals surface area (Å²) < 4.78 is 28.8. The fourth-order valence-electron chi connectivity index (χ4n) is 4.25. The van der Waals surface area contributed by atoms with Crippen LogP contribution in [0.1, 0.15) is 46.4 Å². The summed E-state index contributed by atoms with van der Waals surface area (Å²) in [6.45, 7) is 5.05. The maximum atomic E-state index is 12.5. The Kier molecular flexibility index (Phi) is 10.9. The SMILES string of the molecule is CC(=O)OC[C@@H](OC(C)=O)[C@H](OC(C)=O)[C@H](OC(C)=O)[C@@H](OC(C)=O)c1cc(-c2ccccc2)nn1-c1ccccc1. The molecule has 1 heterocycles. The van der Waals surface area contributed by atoms with Crippen LogP contribution in [0.15, 0.2) is 66.7 Å². The Morgan fingerprint density at radius 2 is 1.19 bits per heavy atom. The molecule has 12 heteroatoms. The monoisotopic (exact) mass is 580 g/mol. The zero-order chi connectivity index (χ0) is 30.8. The van der Waals surface area contributed by atoms with E-state index in [0.29, 0.717) is 11.4 Å². The van der Waals surface area contributed by atoms with Crippen molar-refractivity contribution in [2.75, 3.05) is 6.61 Å². The summed E-state index contributed by atoms with van der Waals surface area (Å²) in [4.78, 5) is 60.9. The average molecular weight is 581 g/mol. The highest BCUT2D eigenvalue weighted by Crippen LogP contribution is 2.34. The summed E-state index contributed by atoms with van der Waals surface area (Å²) in [6, 6.07) is 19.7. The normalized spacial score (nSPS) is 13.5. The van der Waals surface area contributed by atoms with Crippen LogP contribution in [0.3, 0.4) is 0 Å². The summed E-state index contributed by atoms with van der Waals surface area (Å²) in [5.41, 5.74) is 2.05. The first-order valence-electron chi connectivity index (χ1n) is 13.0. The molecule has 0 fully saturated rings.